The molecule has 1 aliphatic carbocycles. The van der Waals surface area contributed by atoms with Gasteiger partial charge in [-0.1, -0.05) is 0 Å². The van der Waals surface area contributed by atoms with E-state index in [0.717, 1.165) is 25.7 Å². The molecule has 0 aromatic carbocycles. The summed E-state index contributed by atoms with van der Waals surface area (Å²) in [6, 6.07) is 3.48. The van der Waals surface area contributed by atoms with Crippen molar-refractivity contribution in [2.45, 2.75) is 37.8 Å². The molecule has 0 amide bonds. The Bertz CT molecular complexity index is 349. The predicted octanol–water partition coefficient (Wildman–Crippen LogP) is 0.485. The zero-order valence-corrected chi connectivity index (χ0v) is 8.44. The van der Waals surface area contributed by atoms with Crippen LogP contribution in [-0.2, 0) is 0 Å². The highest BCUT2D eigenvalue weighted by Crippen LogP contribution is 2.20. The standard InChI is InChI=1S/C10H15N3O2/c14-8-3-1-7(2-4-8)11-9-5-6-10(15)13-12-9/h5-8,14H,1-4H2,(H,11,12)(H,13,15). The SMILES string of the molecule is O=c1ccc(NC2CCC(O)CC2)n[nH]1. The first-order chi connectivity index (χ1) is 7.24. The molecule has 5 heteroatoms. The number of aromatic nitrogens is 2. The molecule has 5 nitrogen and oxygen atoms in total. The van der Waals surface area contributed by atoms with Crippen LogP contribution in [0.4, 0.5) is 5.82 Å². The number of hydrogen-bond acceptors (Lipinski definition) is 4. The second kappa shape index (κ2) is 4.44. The molecule has 0 bridgehead atoms. The highest BCUT2D eigenvalue weighted by molar-refractivity contribution is 5.32. The quantitative estimate of drug-likeness (QED) is 0.662. The minimum absolute atomic E-state index is 0.147. The Kier molecular flexibility index (Phi) is 3.01. The lowest BCUT2D eigenvalue weighted by Crippen LogP contribution is -2.28. The summed E-state index contributed by atoms with van der Waals surface area (Å²) < 4.78 is 0. The van der Waals surface area contributed by atoms with Crippen molar-refractivity contribution in [3.63, 3.8) is 0 Å². The van der Waals surface area contributed by atoms with E-state index in [1.807, 2.05) is 0 Å². The lowest BCUT2D eigenvalue weighted by molar-refractivity contribution is 0.126. The molecule has 0 atom stereocenters. The smallest absolute Gasteiger partial charge is 0.264 e. The van der Waals surface area contributed by atoms with E-state index in [9.17, 15) is 9.90 Å². The van der Waals surface area contributed by atoms with E-state index >= 15 is 0 Å². The maximum atomic E-state index is 10.8. The van der Waals surface area contributed by atoms with Crippen LogP contribution in [-0.4, -0.2) is 27.4 Å². The van der Waals surface area contributed by atoms with Crippen LogP contribution >= 0.6 is 0 Å². The molecular formula is C10H15N3O2. The molecule has 0 unspecified atom stereocenters. The van der Waals surface area contributed by atoms with Gasteiger partial charge in [-0.2, -0.15) is 5.10 Å². The first-order valence-corrected chi connectivity index (χ1v) is 5.24. The van der Waals surface area contributed by atoms with E-state index in [4.69, 9.17) is 0 Å². The molecule has 82 valence electrons. The van der Waals surface area contributed by atoms with Crippen molar-refractivity contribution in [3.8, 4) is 0 Å². The van der Waals surface area contributed by atoms with Crippen LogP contribution in [0.1, 0.15) is 25.7 Å². The van der Waals surface area contributed by atoms with Gasteiger partial charge in [0.25, 0.3) is 5.56 Å². The zero-order chi connectivity index (χ0) is 10.7. The van der Waals surface area contributed by atoms with Crippen LogP contribution < -0.4 is 10.9 Å². The van der Waals surface area contributed by atoms with Crippen molar-refractivity contribution in [1.82, 2.24) is 10.2 Å². The second-order valence-corrected chi connectivity index (χ2v) is 3.96. The fraction of sp³-hybridized carbons (Fsp3) is 0.600. The summed E-state index contributed by atoms with van der Waals surface area (Å²) in [5.41, 5.74) is -0.195. The average molecular weight is 209 g/mol. The van der Waals surface area contributed by atoms with Gasteiger partial charge in [-0.05, 0) is 31.7 Å². The molecular weight excluding hydrogens is 194 g/mol. The third-order valence-electron chi connectivity index (χ3n) is 2.73. The second-order valence-electron chi connectivity index (χ2n) is 3.96. The molecule has 2 rings (SSSR count). The molecule has 0 aliphatic heterocycles. The largest absolute Gasteiger partial charge is 0.393 e. The maximum Gasteiger partial charge on any atom is 0.264 e. The minimum Gasteiger partial charge on any atom is -0.393 e. The molecule has 1 saturated carbocycles. The van der Waals surface area contributed by atoms with Crippen LogP contribution in [0.3, 0.4) is 0 Å². The molecule has 1 heterocycles. The highest BCUT2D eigenvalue weighted by atomic mass is 16.3. The first-order valence-electron chi connectivity index (χ1n) is 5.24. The van der Waals surface area contributed by atoms with Gasteiger partial charge in [0.1, 0.15) is 5.82 Å². The van der Waals surface area contributed by atoms with Crippen LogP contribution in [0.25, 0.3) is 0 Å². The van der Waals surface area contributed by atoms with Crippen molar-refractivity contribution in [2.24, 2.45) is 0 Å². The number of hydrogen-bond donors (Lipinski definition) is 3. The van der Waals surface area contributed by atoms with Gasteiger partial charge in [0.15, 0.2) is 0 Å². The van der Waals surface area contributed by atoms with Crippen molar-refractivity contribution in [1.29, 1.82) is 0 Å². The van der Waals surface area contributed by atoms with E-state index in [0.29, 0.717) is 11.9 Å². The number of nitrogens with zero attached hydrogens (tertiary/aromatic N) is 1. The maximum absolute atomic E-state index is 10.8. The number of H-pyrrole nitrogens is 1. The molecule has 0 radical (unpaired) electrons. The van der Waals surface area contributed by atoms with Crippen LogP contribution in [0.2, 0.25) is 0 Å². The number of anilines is 1. The van der Waals surface area contributed by atoms with Gasteiger partial charge in [-0.25, -0.2) is 5.10 Å². The summed E-state index contributed by atoms with van der Waals surface area (Å²) >= 11 is 0. The van der Waals surface area contributed by atoms with Crippen molar-refractivity contribution >= 4 is 5.82 Å². The summed E-state index contributed by atoms with van der Waals surface area (Å²) in [5, 5.41) is 18.8. The molecule has 1 aromatic heterocycles. The van der Waals surface area contributed by atoms with Crippen LogP contribution in [0, 0.1) is 0 Å². The Morgan fingerprint density at radius 2 is 2.07 bits per heavy atom. The summed E-state index contributed by atoms with van der Waals surface area (Å²) in [5.74, 6) is 0.691. The van der Waals surface area contributed by atoms with Gasteiger partial charge in [-0.15, -0.1) is 0 Å². The summed E-state index contributed by atoms with van der Waals surface area (Å²) in [6.45, 7) is 0. The lowest BCUT2D eigenvalue weighted by atomic mass is 9.93. The molecule has 1 aromatic rings. The lowest BCUT2D eigenvalue weighted by Gasteiger charge is -2.26. The molecule has 1 fully saturated rings. The first kappa shape index (κ1) is 10.2. The van der Waals surface area contributed by atoms with E-state index < -0.39 is 0 Å². The summed E-state index contributed by atoms with van der Waals surface area (Å²) in [7, 11) is 0. The number of aromatic amines is 1. The van der Waals surface area contributed by atoms with Gasteiger partial charge >= 0.3 is 0 Å². The monoisotopic (exact) mass is 209 g/mol. The fourth-order valence-corrected chi connectivity index (χ4v) is 1.85. The van der Waals surface area contributed by atoms with Crippen molar-refractivity contribution < 1.29 is 5.11 Å². The van der Waals surface area contributed by atoms with Crippen molar-refractivity contribution in [2.75, 3.05) is 5.32 Å². The number of aliphatic hydroxyl groups excluding tert-OH is 1. The van der Waals surface area contributed by atoms with Crippen LogP contribution in [0.5, 0.6) is 0 Å². The molecule has 0 saturated heterocycles. The van der Waals surface area contributed by atoms with E-state index in [2.05, 4.69) is 15.5 Å². The van der Waals surface area contributed by atoms with E-state index in [1.165, 1.54) is 6.07 Å². The molecule has 0 spiro atoms. The van der Waals surface area contributed by atoms with Gasteiger partial charge < -0.3 is 10.4 Å². The number of nitrogens with one attached hydrogen (secondary N) is 2. The predicted molar refractivity (Wildman–Crippen MR) is 56.7 cm³/mol. The zero-order valence-electron chi connectivity index (χ0n) is 8.44. The Labute approximate surface area is 87.5 Å². The number of aliphatic hydroxyl groups is 1. The Morgan fingerprint density at radius 3 is 2.67 bits per heavy atom. The van der Waals surface area contributed by atoms with Crippen LogP contribution in [0.15, 0.2) is 16.9 Å². The van der Waals surface area contributed by atoms with Gasteiger partial charge in [0, 0.05) is 12.1 Å². The summed E-state index contributed by atoms with van der Waals surface area (Å²) in [6.07, 6.45) is 3.41. The summed E-state index contributed by atoms with van der Waals surface area (Å²) in [4.78, 5) is 10.8. The Hall–Kier alpha value is -1.36. The topological polar surface area (TPSA) is 78.0 Å². The molecule has 1 aliphatic rings. The van der Waals surface area contributed by atoms with Crippen molar-refractivity contribution in [3.05, 3.63) is 22.5 Å². The average Bonchev–Trinajstić information content (AvgIpc) is 2.25. The Balaban J connectivity index is 1.92. The molecule has 15 heavy (non-hydrogen) atoms. The van der Waals surface area contributed by atoms with Gasteiger partial charge in [0.2, 0.25) is 0 Å². The Morgan fingerprint density at radius 1 is 1.33 bits per heavy atom. The molecule has 3 N–H and O–H groups in total. The third-order valence-corrected chi connectivity index (χ3v) is 2.73. The number of rotatable bonds is 2. The minimum atomic E-state index is -0.195. The van der Waals surface area contributed by atoms with E-state index in [1.54, 1.807) is 6.07 Å². The fourth-order valence-electron chi connectivity index (χ4n) is 1.85. The normalized spacial score (nSPS) is 26.2. The van der Waals surface area contributed by atoms with E-state index in [-0.39, 0.29) is 11.7 Å². The van der Waals surface area contributed by atoms with Gasteiger partial charge in [-0.3, -0.25) is 4.79 Å². The van der Waals surface area contributed by atoms with Gasteiger partial charge in [0.05, 0.1) is 6.10 Å². The third kappa shape index (κ3) is 2.79. The highest BCUT2D eigenvalue weighted by Gasteiger charge is 2.19.